The second-order valence-electron chi connectivity index (χ2n) is 12.1. The van der Waals surface area contributed by atoms with Crippen molar-refractivity contribution in [2.75, 3.05) is 27.2 Å². The van der Waals surface area contributed by atoms with E-state index in [0.29, 0.717) is 40.4 Å². The van der Waals surface area contributed by atoms with Crippen LogP contribution in [0.5, 0.6) is 5.75 Å². The van der Waals surface area contributed by atoms with E-state index in [2.05, 4.69) is 11.6 Å². The second-order valence-corrected chi connectivity index (χ2v) is 13.1. The molecule has 13 heteroatoms. The number of amides is 2. The molecule has 7 rings (SSSR count). The van der Waals surface area contributed by atoms with Crippen molar-refractivity contribution in [3.8, 4) is 39.5 Å². The van der Waals surface area contributed by atoms with Gasteiger partial charge < -0.3 is 19.1 Å². The van der Waals surface area contributed by atoms with Gasteiger partial charge in [-0.2, -0.15) is 5.10 Å². The van der Waals surface area contributed by atoms with Gasteiger partial charge in [-0.1, -0.05) is 12.6 Å². The number of ether oxygens (including phenoxy) is 1. The lowest BCUT2D eigenvalue weighted by Crippen LogP contribution is -2.40. The van der Waals surface area contributed by atoms with Gasteiger partial charge in [-0.25, -0.2) is 18.7 Å². The molecule has 1 aliphatic rings. The van der Waals surface area contributed by atoms with E-state index in [1.807, 2.05) is 58.9 Å². The van der Waals surface area contributed by atoms with Crippen molar-refractivity contribution >= 4 is 44.3 Å². The van der Waals surface area contributed by atoms with Crippen LogP contribution in [0.3, 0.4) is 0 Å². The molecule has 0 fully saturated rings. The minimum Gasteiger partial charge on any atom is -0.492 e. The topological polar surface area (TPSA) is 98.4 Å². The zero-order valence-electron chi connectivity index (χ0n) is 27.4. The molecule has 1 aliphatic heterocycles. The van der Waals surface area contributed by atoms with Gasteiger partial charge >= 0.3 is 0 Å². The lowest BCUT2D eigenvalue weighted by molar-refractivity contribution is -0.130. The number of nitrogens with zero attached hydrogens (tertiary/aromatic N) is 7. The van der Waals surface area contributed by atoms with Gasteiger partial charge in [0, 0.05) is 61.0 Å². The number of rotatable bonds is 8. The zero-order valence-corrected chi connectivity index (χ0v) is 28.2. The molecule has 49 heavy (non-hydrogen) atoms. The quantitative estimate of drug-likeness (QED) is 0.168. The van der Waals surface area contributed by atoms with Crippen LogP contribution in [0.25, 0.3) is 54.9 Å². The monoisotopic (exact) mass is 681 g/mol. The Morgan fingerprint density at radius 3 is 2.69 bits per heavy atom. The largest absolute Gasteiger partial charge is 0.492 e. The lowest BCUT2D eigenvalue weighted by atomic mass is 9.96. The van der Waals surface area contributed by atoms with E-state index in [1.54, 1.807) is 25.3 Å². The summed E-state index contributed by atoms with van der Waals surface area (Å²) < 4.78 is 41.4. The fourth-order valence-corrected chi connectivity index (χ4v) is 7.31. The smallest absolute Gasteiger partial charge is 0.246 e. The molecule has 1 atom stereocenters. The molecule has 10 nitrogen and oxygen atoms in total. The molecule has 0 radical (unpaired) electrons. The highest BCUT2D eigenvalue weighted by molar-refractivity contribution is 7.18. The standard InChI is InChI=1S/C36H33F2N7O3S/c1-6-30(46)44-11-12-45-28(20(44)2)18-26(41-45)35-33(32-24(38)16-22(37)17-29(32)48-13-9-31(47)42(3)4)36-23(10-14-49-36)34(40-35)21-7-8-27-25(15-21)39-19-43(27)5/h6-8,10,14-20H,1,9,11-13H2,2-5H3/t20-/m1/s1. The second kappa shape index (κ2) is 12.5. The van der Waals surface area contributed by atoms with Crippen LogP contribution in [0.2, 0.25) is 0 Å². The Kier molecular flexibility index (Phi) is 8.23. The number of thiophene rings is 1. The normalized spacial score (nSPS) is 14.3. The fourth-order valence-electron chi connectivity index (χ4n) is 6.36. The van der Waals surface area contributed by atoms with Crippen molar-refractivity contribution in [1.29, 1.82) is 0 Å². The highest BCUT2D eigenvalue weighted by Gasteiger charge is 2.31. The fraction of sp³-hybridized carbons (Fsp3) is 0.250. The molecule has 6 aromatic rings. The molecule has 250 valence electrons. The maximum atomic E-state index is 16.2. The maximum absolute atomic E-state index is 16.2. The van der Waals surface area contributed by atoms with Gasteiger partial charge in [0.2, 0.25) is 11.8 Å². The Balaban J connectivity index is 1.46. The molecule has 0 unspecified atom stereocenters. The summed E-state index contributed by atoms with van der Waals surface area (Å²) in [5.41, 5.74) is 5.21. The van der Waals surface area contributed by atoms with E-state index in [4.69, 9.17) is 14.8 Å². The number of aromatic nitrogens is 5. The molecule has 0 saturated carbocycles. The van der Waals surface area contributed by atoms with Crippen molar-refractivity contribution in [2.45, 2.75) is 25.9 Å². The van der Waals surface area contributed by atoms with Gasteiger partial charge in [0.1, 0.15) is 28.8 Å². The van der Waals surface area contributed by atoms with Crippen LogP contribution in [0.4, 0.5) is 8.78 Å². The number of halogens is 2. The summed E-state index contributed by atoms with van der Waals surface area (Å²) in [6, 6.07) is 11.3. The summed E-state index contributed by atoms with van der Waals surface area (Å²) in [6.45, 7) is 6.36. The van der Waals surface area contributed by atoms with Crippen molar-refractivity contribution in [2.24, 2.45) is 7.05 Å². The molecule has 4 aromatic heterocycles. The van der Waals surface area contributed by atoms with Gasteiger partial charge in [-0.15, -0.1) is 11.3 Å². The van der Waals surface area contributed by atoms with Crippen molar-refractivity contribution in [3.05, 3.63) is 84.2 Å². The van der Waals surface area contributed by atoms with E-state index >= 15 is 4.39 Å². The summed E-state index contributed by atoms with van der Waals surface area (Å²) in [5.74, 6) is -2.07. The lowest BCUT2D eigenvalue weighted by Gasteiger charge is -2.33. The third kappa shape index (κ3) is 5.63. The average Bonchev–Trinajstić information content (AvgIpc) is 3.83. The van der Waals surface area contributed by atoms with Gasteiger partial charge in [0.15, 0.2) is 0 Å². The number of fused-ring (bicyclic) bond motifs is 3. The van der Waals surface area contributed by atoms with E-state index in [-0.39, 0.29) is 42.2 Å². The number of benzene rings is 2. The van der Waals surface area contributed by atoms with Crippen molar-refractivity contribution in [3.63, 3.8) is 0 Å². The molecule has 2 amide bonds. The van der Waals surface area contributed by atoms with Crippen LogP contribution in [-0.4, -0.2) is 73.2 Å². The first-order chi connectivity index (χ1) is 23.5. The van der Waals surface area contributed by atoms with E-state index < -0.39 is 11.6 Å². The van der Waals surface area contributed by atoms with Crippen LogP contribution >= 0.6 is 11.3 Å². The Labute approximate surface area is 284 Å². The minimum atomic E-state index is -0.838. The number of carbonyl (C=O) groups excluding carboxylic acids is 2. The zero-order chi connectivity index (χ0) is 34.6. The third-order valence-corrected chi connectivity index (χ3v) is 9.84. The van der Waals surface area contributed by atoms with E-state index in [9.17, 15) is 14.0 Å². The van der Waals surface area contributed by atoms with Gasteiger partial charge in [0.25, 0.3) is 0 Å². The SMILES string of the molecule is C=CC(=O)N1CCn2nc(-c3nc(-c4ccc5c(c4)ncn5C)c4ccsc4c3-c3c(F)cc(F)cc3OCCC(=O)N(C)C)cc2[C@H]1C. The number of carbonyl (C=O) groups is 2. The summed E-state index contributed by atoms with van der Waals surface area (Å²) >= 11 is 1.40. The Morgan fingerprint density at radius 2 is 1.92 bits per heavy atom. The first kappa shape index (κ1) is 32.1. The molecule has 0 saturated heterocycles. The number of aryl methyl sites for hydroxylation is 1. The van der Waals surface area contributed by atoms with E-state index in [1.165, 1.54) is 22.3 Å². The summed E-state index contributed by atoms with van der Waals surface area (Å²) in [6.07, 6.45) is 3.06. The molecule has 0 spiro atoms. The summed E-state index contributed by atoms with van der Waals surface area (Å²) in [7, 11) is 5.19. The maximum Gasteiger partial charge on any atom is 0.246 e. The number of pyridine rings is 1. The molecule has 5 heterocycles. The summed E-state index contributed by atoms with van der Waals surface area (Å²) in [5, 5.41) is 7.59. The van der Waals surface area contributed by atoms with Crippen LogP contribution in [0.15, 0.2) is 66.8 Å². The average molecular weight is 682 g/mol. The van der Waals surface area contributed by atoms with Crippen LogP contribution < -0.4 is 4.74 Å². The number of imidazole rings is 1. The van der Waals surface area contributed by atoms with E-state index in [0.717, 1.165) is 39.8 Å². The Morgan fingerprint density at radius 1 is 1.10 bits per heavy atom. The highest BCUT2D eigenvalue weighted by Crippen LogP contribution is 2.47. The molecular formula is C36H33F2N7O3S. The molecule has 2 aromatic carbocycles. The van der Waals surface area contributed by atoms with Crippen LogP contribution in [0.1, 0.15) is 25.1 Å². The first-order valence-electron chi connectivity index (χ1n) is 15.7. The third-order valence-electron chi connectivity index (χ3n) is 8.91. The molecular weight excluding hydrogens is 649 g/mol. The predicted octanol–water partition coefficient (Wildman–Crippen LogP) is 6.61. The van der Waals surface area contributed by atoms with Crippen LogP contribution in [-0.2, 0) is 23.2 Å². The van der Waals surface area contributed by atoms with Gasteiger partial charge in [-0.05, 0) is 42.6 Å². The molecule has 0 aliphatic carbocycles. The van der Waals surface area contributed by atoms with Gasteiger partial charge in [-0.3, -0.25) is 14.3 Å². The Bertz CT molecular complexity index is 2290. The number of hydrogen-bond acceptors (Lipinski definition) is 7. The Hall–Kier alpha value is -5.43. The minimum absolute atomic E-state index is 0.0165. The molecule has 0 N–H and O–H groups in total. The first-order valence-corrected chi connectivity index (χ1v) is 16.6. The van der Waals surface area contributed by atoms with Crippen molar-refractivity contribution in [1.82, 2.24) is 34.1 Å². The van der Waals surface area contributed by atoms with Crippen LogP contribution in [0, 0.1) is 11.6 Å². The van der Waals surface area contributed by atoms with Gasteiger partial charge in [0.05, 0.1) is 59.9 Å². The molecule has 0 bridgehead atoms. The predicted molar refractivity (Wildman–Crippen MR) is 185 cm³/mol. The summed E-state index contributed by atoms with van der Waals surface area (Å²) in [4.78, 5) is 37.8. The van der Waals surface area contributed by atoms with Crippen molar-refractivity contribution < 1.29 is 23.1 Å². The number of hydrogen-bond donors (Lipinski definition) is 0. The highest BCUT2D eigenvalue weighted by atomic mass is 32.1.